The molecule has 3 atom stereocenters. The lowest BCUT2D eigenvalue weighted by atomic mass is 9.78. The van der Waals surface area contributed by atoms with Crippen LogP contribution in [-0.4, -0.2) is 24.5 Å². The highest BCUT2D eigenvalue weighted by Gasteiger charge is 2.57. The quantitative estimate of drug-likeness (QED) is 0.672. The van der Waals surface area contributed by atoms with E-state index >= 15 is 0 Å². The molecule has 78 valence electrons. The van der Waals surface area contributed by atoms with Gasteiger partial charge in [-0.25, -0.2) is 0 Å². The van der Waals surface area contributed by atoms with E-state index in [4.69, 9.17) is 0 Å². The van der Waals surface area contributed by atoms with Crippen LogP contribution in [0.2, 0.25) is 0 Å². The van der Waals surface area contributed by atoms with Crippen LogP contribution >= 0.6 is 0 Å². The zero-order valence-electron chi connectivity index (χ0n) is 8.68. The molecule has 14 heavy (non-hydrogen) atoms. The minimum Gasteiger partial charge on any atom is -0.351 e. The summed E-state index contributed by atoms with van der Waals surface area (Å²) in [5.41, 5.74) is 0.140. The zero-order valence-corrected chi connectivity index (χ0v) is 8.68. The van der Waals surface area contributed by atoms with E-state index in [-0.39, 0.29) is 5.54 Å². The number of amides is 1. The maximum Gasteiger partial charge on any atom is 0.224 e. The van der Waals surface area contributed by atoms with E-state index in [2.05, 4.69) is 17.6 Å². The summed E-state index contributed by atoms with van der Waals surface area (Å²) in [5, 5.41) is 6.53. The first-order valence-corrected chi connectivity index (χ1v) is 5.72. The molecule has 3 rings (SSSR count). The third-order valence-electron chi connectivity index (χ3n) is 4.28. The Morgan fingerprint density at radius 3 is 2.50 bits per heavy atom. The van der Waals surface area contributed by atoms with Crippen molar-refractivity contribution >= 4 is 5.91 Å². The van der Waals surface area contributed by atoms with Crippen molar-refractivity contribution in [1.82, 2.24) is 10.6 Å². The summed E-state index contributed by atoms with van der Waals surface area (Å²) in [6, 6.07) is 0. The van der Waals surface area contributed by atoms with Gasteiger partial charge in [-0.05, 0) is 51.1 Å². The fourth-order valence-corrected chi connectivity index (χ4v) is 3.02. The van der Waals surface area contributed by atoms with E-state index in [1.165, 1.54) is 19.3 Å². The van der Waals surface area contributed by atoms with Gasteiger partial charge in [0.1, 0.15) is 0 Å². The number of rotatable bonds is 2. The molecule has 0 aromatic heterocycles. The lowest BCUT2D eigenvalue weighted by Crippen LogP contribution is -2.52. The van der Waals surface area contributed by atoms with Gasteiger partial charge in [0.2, 0.25) is 5.91 Å². The molecule has 0 aromatic rings. The molecule has 2 N–H and O–H groups in total. The Kier molecular flexibility index (Phi) is 1.69. The number of carbonyl (C=O) groups excluding carboxylic acids is 1. The second-order valence-electron chi connectivity index (χ2n) is 5.42. The van der Waals surface area contributed by atoms with Crippen LogP contribution in [-0.2, 0) is 4.79 Å². The van der Waals surface area contributed by atoms with Crippen molar-refractivity contribution in [2.45, 2.75) is 31.7 Å². The lowest BCUT2D eigenvalue weighted by Gasteiger charge is -2.39. The normalized spacial score (nSPS) is 42.5. The largest absolute Gasteiger partial charge is 0.351 e. The van der Waals surface area contributed by atoms with Gasteiger partial charge < -0.3 is 10.6 Å². The summed E-state index contributed by atoms with van der Waals surface area (Å²) in [6.45, 7) is 4.28. The van der Waals surface area contributed by atoms with Crippen molar-refractivity contribution in [1.29, 1.82) is 0 Å². The Morgan fingerprint density at radius 1 is 1.36 bits per heavy atom. The first-order chi connectivity index (χ1) is 6.70. The highest BCUT2D eigenvalue weighted by atomic mass is 16.2. The molecular weight excluding hydrogens is 176 g/mol. The van der Waals surface area contributed by atoms with E-state index in [9.17, 15) is 4.79 Å². The zero-order chi connectivity index (χ0) is 9.76. The molecule has 1 amide bonds. The smallest absolute Gasteiger partial charge is 0.224 e. The lowest BCUT2D eigenvalue weighted by molar-refractivity contribution is -0.125. The van der Waals surface area contributed by atoms with Crippen molar-refractivity contribution in [3.8, 4) is 0 Å². The summed E-state index contributed by atoms with van der Waals surface area (Å²) >= 11 is 0. The van der Waals surface area contributed by atoms with E-state index in [0.29, 0.717) is 23.7 Å². The Bertz CT molecular complexity index is 262. The van der Waals surface area contributed by atoms with Crippen LogP contribution in [0.25, 0.3) is 0 Å². The van der Waals surface area contributed by atoms with Crippen molar-refractivity contribution in [2.24, 2.45) is 17.8 Å². The van der Waals surface area contributed by atoms with Crippen molar-refractivity contribution in [3.63, 3.8) is 0 Å². The summed E-state index contributed by atoms with van der Waals surface area (Å²) in [6.07, 6.45) is 3.61. The Balaban J connectivity index is 1.57. The first-order valence-electron chi connectivity index (χ1n) is 5.72. The summed E-state index contributed by atoms with van der Waals surface area (Å²) in [4.78, 5) is 11.9. The molecule has 0 spiro atoms. The number of piperidine rings is 1. The van der Waals surface area contributed by atoms with Gasteiger partial charge in [0.15, 0.2) is 0 Å². The molecule has 0 bridgehead atoms. The molecule has 3 fully saturated rings. The Morgan fingerprint density at radius 2 is 2.00 bits per heavy atom. The predicted octanol–water partition coefficient (Wildman–Crippen LogP) is 0.511. The molecule has 3 heteroatoms. The number of fused-ring (bicyclic) bond motifs is 1. The molecule has 2 saturated carbocycles. The van der Waals surface area contributed by atoms with Crippen LogP contribution in [0.15, 0.2) is 0 Å². The fourth-order valence-electron chi connectivity index (χ4n) is 3.02. The number of hydrogen-bond donors (Lipinski definition) is 2. The number of nitrogens with one attached hydrogen (secondary N) is 2. The van der Waals surface area contributed by atoms with E-state index < -0.39 is 0 Å². The van der Waals surface area contributed by atoms with E-state index in [0.717, 1.165) is 13.1 Å². The third kappa shape index (κ3) is 1.18. The maximum atomic E-state index is 11.9. The van der Waals surface area contributed by atoms with Crippen LogP contribution in [0.1, 0.15) is 26.2 Å². The molecular formula is C11H18N2O. The molecule has 2 aliphatic carbocycles. The van der Waals surface area contributed by atoms with Crippen LogP contribution < -0.4 is 10.6 Å². The summed E-state index contributed by atoms with van der Waals surface area (Å²) in [7, 11) is 0. The van der Waals surface area contributed by atoms with Gasteiger partial charge in [-0.1, -0.05) is 0 Å². The number of carbonyl (C=O) groups is 1. The van der Waals surface area contributed by atoms with Crippen LogP contribution in [0, 0.1) is 17.8 Å². The molecule has 0 radical (unpaired) electrons. The second-order valence-corrected chi connectivity index (χ2v) is 5.42. The van der Waals surface area contributed by atoms with Gasteiger partial charge >= 0.3 is 0 Å². The molecule has 3 aliphatic rings. The Labute approximate surface area is 84.6 Å². The summed E-state index contributed by atoms with van der Waals surface area (Å²) < 4.78 is 0. The highest BCUT2D eigenvalue weighted by Crippen LogP contribution is 2.49. The average molecular weight is 194 g/mol. The van der Waals surface area contributed by atoms with Gasteiger partial charge in [-0.2, -0.15) is 0 Å². The van der Waals surface area contributed by atoms with Gasteiger partial charge in [-0.3, -0.25) is 4.79 Å². The predicted molar refractivity (Wildman–Crippen MR) is 53.7 cm³/mol. The average Bonchev–Trinajstić information content (AvgIpc) is 2.59. The van der Waals surface area contributed by atoms with Crippen LogP contribution in [0.5, 0.6) is 0 Å². The van der Waals surface area contributed by atoms with Gasteiger partial charge in [-0.15, -0.1) is 0 Å². The topological polar surface area (TPSA) is 41.1 Å². The van der Waals surface area contributed by atoms with Crippen LogP contribution in [0.3, 0.4) is 0 Å². The molecule has 0 aromatic carbocycles. The first kappa shape index (κ1) is 8.72. The van der Waals surface area contributed by atoms with E-state index in [1.807, 2.05) is 0 Å². The third-order valence-corrected chi connectivity index (χ3v) is 4.28. The Hall–Kier alpha value is -0.570. The van der Waals surface area contributed by atoms with Crippen molar-refractivity contribution in [3.05, 3.63) is 0 Å². The monoisotopic (exact) mass is 194 g/mol. The van der Waals surface area contributed by atoms with Crippen molar-refractivity contribution < 1.29 is 4.79 Å². The standard InChI is InChI=1S/C11H18N2O/c1-11(3-2-4-11)13-10(14)9-7-5-12-6-8(7)9/h7-9,12H,2-6H2,1H3,(H,13,14)/t7-,8+,9+. The molecule has 0 unspecified atom stereocenters. The van der Waals surface area contributed by atoms with Crippen LogP contribution in [0.4, 0.5) is 0 Å². The minimum absolute atomic E-state index is 0.140. The van der Waals surface area contributed by atoms with E-state index in [1.54, 1.807) is 0 Å². The van der Waals surface area contributed by atoms with Gasteiger partial charge in [0.05, 0.1) is 0 Å². The second kappa shape index (κ2) is 2.72. The van der Waals surface area contributed by atoms with Gasteiger partial charge in [0.25, 0.3) is 0 Å². The molecule has 1 heterocycles. The molecule has 1 aliphatic heterocycles. The molecule has 3 nitrogen and oxygen atoms in total. The highest BCUT2D eigenvalue weighted by molar-refractivity contribution is 5.83. The number of hydrogen-bond acceptors (Lipinski definition) is 2. The fraction of sp³-hybridized carbons (Fsp3) is 0.909. The minimum atomic E-state index is 0.140. The summed E-state index contributed by atoms with van der Waals surface area (Å²) in [5.74, 6) is 1.97. The van der Waals surface area contributed by atoms with Gasteiger partial charge in [0, 0.05) is 11.5 Å². The van der Waals surface area contributed by atoms with Crippen molar-refractivity contribution in [2.75, 3.05) is 13.1 Å². The SMILES string of the molecule is CC1(NC(=O)[C@H]2[C@@H]3CNC[C@@H]32)CCC1. The molecule has 1 saturated heterocycles. The maximum absolute atomic E-state index is 11.9.